The van der Waals surface area contributed by atoms with Gasteiger partial charge in [-0.25, -0.2) is 8.42 Å². The molecule has 0 saturated carbocycles. The summed E-state index contributed by atoms with van der Waals surface area (Å²) in [6, 6.07) is 15.8. The van der Waals surface area contributed by atoms with Crippen LogP contribution in [0.1, 0.15) is 64.7 Å². The zero-order chi connectivity index (χ0) is 25.0. The van der Waals surface area contributed by atoms with Crippen LogP contribution in [0.15, 0.2) is 53.4 Å². The molecule has 1 aliphatic heterocycles. The highest BCUT2D eigenvalue weighted by Gasteiger charge is 2.26. The molecule has 1 aliphatic rings. The SMILES string of the molecule is CC(C)(C)c1ccc(CN(CCCN2CCOCC2)S(=O)(=O)c2ccc(C(C)(C)C)cc2)cc1. The summed E-state index contributed by atoms with van der Waals surface area (Å²) in [5.74, 6) is 0. The molecule has 0 amide bonds. The molecule has 0 aliphatic carbocycles. The van der Waals surface area contributed by atoms with Gasteiger partial charge in [0.25, 0.3) is 0 Å². The summed E-state index contributed by atoms with van der Waals surface area (Å²) in [4.78, 5) is 2.71. The van der Waals surface area contributed by atoms with Crippen molar-refractivity contribution < 1.29 is 13.2 Å². The Balaban J connectivity index is 1.80. The van der Waals surface area contributed by atoms with E-state index < -0.39 is 10.0 Å². The lowest BCUT2D eigenvalue weighted by Gasteiger charge is -2.28. The number of hydrogen-bond acceptors (Lipinski definition) is 4. The van der Waals surface area contributed by atoms with Crippen molar-refractivity contribution in [3.05, 3.63) is 65.2 Å². The summed E-state index contributed by atoms with van der Waals surface area (Å²) in [7, 11) is -3.61. The maximum absolute atomic E-state index is 13.7. The highest BCUT2D eigenvalue weighted by molar-refractivity contribution is 7.89. The Bertz CT molecular complexity index is 1010. The summed E-state index contributed by atoms with van der Waals surface area (Å²) in [5.41, 5.74) is 3.43. The van der Waals surface area contributed by atoms with Crippen molar-refractivity contribution in [2.75, 3.05) is 39.4 Å². The first kappa shape index (κ1) is 26.9. The van der Waals surface area contributed by atoms with Gasteiger partial charge in [0.2, 0.25) is 10.0 Å². The second-order valence-electron chi connectivity index (χ2n) is 11.4. The van der Waals surface area contributed by atoms with Crippen molar-refractivity contribution in [1.29, 1.82) is 0 Å². The lowest BCUT2D eigenvalue weighted by atomic mass is 9.87. The summed E-state index contributed by atoms with van der Waals surface area (Å²) in [6.07, 6.45) is 0.791. The summed E-state index contributed by atoms with van der Waals surface area (Å²) < 4.78 is 34.5. The smallest absolute Gasteiger partial charge is 0.243 e. The molecule has 34 heavy (non-hydrogen) atoms. The molecule has 0 N–H and O–H groups in total. The van der Waals surface area contributed by atoms with E-state index in [9.17, 15) is 8.42 Å². The van der Waals surface area contributed by atoms with Crippen LogP contribution in [0.25, 0.3) is 0 Å². The third kappa shape index (κ3) is 7.14. The summed E-state index contributed by atoms with van der Waals surface area (Å²) in [5, 5.41) is 0. The summed E-state index contributed by atoms with van der Waals surface area (Å²) in [6.45, 7) is 18.0. The molecular formula is C28H42N2O3S. The minimum atomic E-state index is -3.61. The number of morpholine rings is 1. The second kappa shape index (κ2) is 10.9. The van der Waals surface area contributed by atoms with Crippen LogP contribution < -0.4 is 0 Å². The van der Waals surface area contributed by atoms with Crippen LogP contribution in [-0.2, 0) is 32.1 Å². The van der Waals surface area contributed by atoms with E-state index in [-0.39, 0.29) is 10.8 Å². The molecule has 0 aromatic heterocycles. The van der Waals surface area contributed by atoms with Crippen molar-refractivity contribution in [3.8, 4) is 0 Å². The van der Waals surface area contributed by atoms with Crippen LogP contribution in [-0.4, -0.2) is 57.0 Å². The predicted octanol–water partition coefficient (Wildman–Crippen LogP) is 5.19. The van der Waals surface area contributed by atoms with Gasteiger partial charge >= 0.3 is 0 Å². The maximum Gasteiger partial charge on any atom is 0.243 e. The van der Waals surface area contributed by atoms with Crippen molar-refractivity contribution in [2.24, 2.45) is 0 Å². The van der Waals surface area contributed by atoms with Crippen molar-refractivity contribution in [3.63, 3.8) is 0 Å². The van der Waals surface area contributed by atoms with Crippen LogP contribution >= 0.6 is 0 Å². The van der Waals surface area contributed by atoms with Gasteiger partial charge in [-0.2, -0.15) is 4.31 Å². The molecule has 5 nitrogen and oxygen atoms in total. The Morgan fingerprint density at radius 2 is 1.32 bits per heavy atom. The first-order valence-corrected chi connectivity index (χ1v) is 13.8. The average molecular weight is 487 g/mol. The Labute approximate surface area is 207 Å². The van der Waals surface area contributed by atoms with Gasteiger partial charge in [0, 0.05) is 26.2 Å². The van der Waals surface area contributed by atoms with Crippen LogP contribution in [0.3, 0.4) is 0 Å². The second-order valence-corrected chi connectivity index (χ2v) is 13.3. The Morgan fingerprint density at radius 1 is 0.824 bits per heavy atom. The van der Waals surface area contributed by atoms with E-state index in [0.717, 1.165) is 50.4 Å². The van der Waals surface area contributed by atoms with Gasteiger partial charge in [-0.05, 0) is 52.6 Å². The molecule has 0 unspecified atom stereocenters. The maximum atomic E-state index is 13.7. The van der Waals surface area contributed by atoms with Gasteiger partial charge in [0.1, 0.15) is 0 Å². The van der Waals surface area contributed by atoms with Crippen molar-refractivity contribution >= 4 is 10.0 Å². The van der Waals surface area contributed by atoms with Gasteiger partial charge in [0.15, 0.2) is 0 Å². The van der Waals surface area contributed by atoms with E-state index in [2.05, 4.69) is 70.7 Å². The van der Waals surface area contributed by atoms with E-state index in [1.54, 1.807) is 16.4 Å². The fourth-order valence-electron chi connectivity index (χ4n) is 4.17. The highest BCUT2D eigenvalue weighted by atomic mass is 32.2. The molecule has 0 radical (unpaired) electrons. The first-order chi connectivity index (χ1) is 15.9. The third-order valence-corrected chi connectivity index (χ3v) is 8.38. The lowest BCUT2D eigenvalue weighted by molar-refractivity contribution is 0.0368. The average Bonchev–Trinajstić information content (AvgIpc) is 2.78. The lowest BCUT2D eigenvalue weighted by Crippen LogP contribution is -2.39. The largest absolute Gasteiger partial charge is 0.379 e. The standard InChI is InChI=1S/C28H42N2O3S/c1-27(2,3)24-10-8-23(9-11-24)22-30(17-7-16-29-18-20-33-21-19-29)34(31,32)26-14-12-25(13-15-26)28(4,5)6/h8-15H,7,16-22H2,1-6H3. The fourth-order valence-corrected chi connectivity index (χ4v) is 5.64. The zero-order valence-electron chi connectivity index (χ0n) is 21.8. The molecule has 0 spiro atoms. The monoisotopic (exact) mass is 486 g/mol. The minimum Gasteiger partial charge on any atom is -0.379 e. The number of rotatable bonds is 8. The van der Waals surface area contributed by atoms with E-state index >= 15 is 0 Å². The molecular weight excluding hydrogens is 444 g/mol. The molecule has 6 heteroatoms. The number of ether oxygens (including phenoxy) is 1. The number of benzene rings is 2. The molecule has 1 fully saturated rings. The molecule has 188 valence electrons. The van der Waals surface area contributed by atoms with E-state index in [4.69, 9.17) is 4.74 Å². The predicted molar refractivity (Wildman–Crippen MR) is 140 cm³/mol. The Kier molecular flexibility index (Phi) is 8.61. The van der Waals surface area contributed by atoms with Crippen molar-refractivity contribution in [2.45, 2.75) is 70.2 Å². The highest BCUT2D eigenvalue weighted by Crippen LogP contribution is 2.26. The molecule has 1 saturated heterocycles. The van der Waals surface area contributed by atoms with Gasteiger partial charge in [-0.15, -0.1) is 0 Å². The molecule has 1 heterocycles. The van der Waals surface area contributed by atoms with Gasteiger partial charge in [-0.1, -0.05) is 77.9 Å². The topological polar surface area (TPSA) is 49.9 Å². The van der Waals surface area contributed by atoms with Crippen LogP contribution in [0.4, 0.5) is 0 Å². The fraction of sp³-hybridized carbons (Fsp3) is 0.571. The van der Waals surface area contributed by atoms with Gasteiger partial charge < -0.3 is 4.74 Å². The number of hydrogen-bond donors (Lipinski definition) is 0. The van der Waals surface area contributed by atoms with Crippen LogP contribution in [0, 0.1) is 0 Å². The van der Waals surface area contributed by atoms with Crippen molar-refractivity contribution in [1.82, 2.24) is 9.21 Å². The van der Waals surface area contributed by atoms with Gasteiger partial charge in [0.05, 0.1) is 18.1 Å². The minimum absolute atomic E-state index is 0.0189. The van der Waals surface area contributed by atoms with Crippen LogP contribution in [0.2, 0.25) is 0 Å². The van der Waals surface area contributed by atoms with Gasteiger partial charge in [-0.3, -0.25) is 4.90 Å². The molecule has 0 atom stereocenters. The number of nitrogens with zero attached hydrogens (tertiary/aromatic N) is 2. The first-order valence-electron chi connectivity index (χ1n) is 12.4. The normalized spacial score (nSPS) is 16.2. The molecule has 0 bridgehead atoms. The zero-order valence-corrected chi connectivity index (χ0v) is 22.6. The van der Waals surface area contributed by atoms with E-state index in [1.165, 1.54) is 5.56 Å². The third-order valence-electron chi connectivity index (χ3n) is 6.52. The Morgan fingerprint density at radius 3 is 1.82 bits per heavy atom. The molecule has 3 rings (SSSR count). The van der Waals surface area contributed by atoms with Crippen LogP contribution in [0.5, 0.6) is 0 Å². The quantitative estimate of drug-likeness (QED) is 0.515. The molecule has 2 aromatic rings. The Hall–Kier alpha value is -1.73. The summed E-state index contributed by atoms with van der Waals surface area (Å²) >= 11 is 0. The number of sulfonamides is 1. The van der Waals surface area contributed by atoms with E-state index in [1.807, 2.05) is 12.1 Å². The van der Waals surface area contributed by atoms with E-state index in [0.29, 0.717) is 18.0 Å². The molecule has 2 aromatic carbocycles.